The Morgan fingerprint density at radius 1 is 1.11 bits per heavy atom. The minimum Gasteiger partial charge on any atom is -0.481 e. The van der Waals surface area contributed by atoms with Gasteiger partial charge >= 0.3 is 5.97 Å². The summed E-state index contributed by atoms with van der Waals surface area (Å²) in [6.07, 6.45) is 3.44. The van der Waals surface area contributed by atoms with E-state index in [2.05, 4.69) is 12.2 Å². The Kier molecular flexibility index (Phi) is 5.42. The Hall–Kier alpha value is -2.15. The minimum absolute atomic E-state index is 0.344. The van der Waals surface area contributed by atoms with Crippen LogP contribution in [0.15, 0.2) is 11.1 Å². The highest BCUT2D eigenvalue weighted by atomic mass is 32.1. The number of rotatable bonds is 4. The number of nitrogens with two attached hydrogens (primary N) is 1. The number of allylic oxidation sites excluding steroid dienone is 2. The molecule has 3 atom stereocenters. The van der Waals surface area contributed by atoms with Gasteiger partial charge in [-0.25, -0.2) is 0 Å². The summed E-state index contributed by atoms with van der Waals surface area (Å²) in [6.45, 7) is 6.02. The molecule has 0 unspecified atom stereocenters. The Labute approximate surface area is 162 Å². The van der Waals surface area contributed by atoms with Crippen LogP contribution in [0.3, 0.4) is 0 Å². The van der Waals surface area contributed by atoms with E-state index < -0.39 is 23.7 Å². The van der Waals surface area contributed by atoms with Gasteiger partial charge in [-0.1, -0.05) is 18.1 Å². The number of anilines is 1. The number of hydrogen-bond acceptors (Lipinski definition) is 4. The molecule has 146 valence electrons. The van der Waals surface area contributed by atoms with Crippen LogP contribution < -0.4 is 11.1 Å². The summed E-state index contributed by atoms with van der Waals surface area (Å²) in [5, 5.41) is 12.9. The van der Waals surface area contributed by atoms with Crippen molar-refractivity contribution in [1.29, 1.82) is 0 Å². The van der Waals surface area contributed by atoms with Crippen LogP contribution in [-0.4, -0.2) is 22.9 Å². The molecule has 0 saturated carbocycles. The largest absolute Gasteiger partial charge is 0.481 e. The molecule has 0 radical (unpaired) electrons. The average Bonchev–Trinajstić information content (AvgIpc) is 2.93. The molecule has 0 fully saturated rings. The predicted octanol–water partition coefficient (Wildman–Crippen LogP) is 3.36. The van der Waals surface area contributed by atoms with Crippen LogP contribution in [0.5, 0.6) is 0 Å². The lowest BCUT2D eigenvalue weighted by atomic mass is 9.76. The first kappa shape index (κ1) is 19.6. The number of nitrogens with one attached hydrogen (secondary N) is 1. The maximum Gasteiger partial charge on any atom is 0.307 e. The summed E-state index contributed by atoms with van der Waals surface area (Å²) >= 11 is 1.41. The number of primary amides is 1. The summed E-state index contributed by atoms with van der Waals surface area (Å²) < 4.78 is 0. The second-order valence-electron chi connectivity index (χ2n) is 7.93. The standard InChI is InChI=1S/C20H26N2O4S/c1-9-4-5-12-15(6-9)27-19(16(12)17(21)23)22-18(24)13-7-10(2)11(3)8-14(13)20(25)26/h9,13-14H,4-8H2,1-3H3,(H2,21,23)(H,22,24)(H,25,26)/t9-,13+,14+/m1/s1. The lowest BCUT2D eigenvalue weighted by molar-refractivity contribution is -0.146. The molecule has 0 spiro atoms. The number of carboxylic acid groups (broad SMARTS) is 1. The first-order chi connectivity index (χ1) is 12.7. The maximum atomic E-state index is 12.9. The number of carbonyl (C=O) groups is 3. The molecular formula is C20H26N2O4S. The van der Waals surface area contributed by atoms with E-state index in [1.165, 1.54) is 11.3 Å². The van der Waals surface area contributed by atoms with E-state index in [9.17, 15) is 19.5 Å². The fourth-order valence-electron chi connectivity index (χ4n) is 4.13. The Balaban J connectivity index is 1.89. The quantitative estimate of drug-likeness (QED) is 0.685. The third kappa shape index (κ3) is 3.78. The Morgan fingerprint density at radius 3 is 2.33 bits per heavy atom. The van der Waals surface area contributed by atoms with Gasteiger partial charge in [0.1, 0.15) is 5.00 Å². The molecule has 1 aromatic rings. The SMILES string of the molecule is CC1=C(C)C[C@H](C(=O)Nc2sc3c(c2C(N)=O)CC[C@@H](C)C3)[C@@H](C(=O)O)C1. The zero-order chi connectivity index (χ0) is 19.9. The number of carbonyl (C=O) groups excluding carboxylic acids is 2. The zero-order valence-corrected chi connectivity index (χ0v) is 16.7. The molecule has 7 heteroatoms. The zero-order valence-electron chi connectivity index (χ0n) is 15.9. The summed E-state index contributed by atoms with van der Waals surface area (Å²) in [5.41, 5.74) is 9.05. The van der Waals surface area contributed by atoms with Crippen molar-refractivity contribution in [3.63, 3.8) is 0 Å². The van der Waals surface area contributed by atoms with Crippen LogP contribution >= 0.6 is 11.3 Å². The average molecular weight is 391 g/mol. The Morgan fingerprint density at radius 2 is 1.74 bits per heavy atom. The molecule has 0 aromatic carbocycles. The number of carboxylic acids is 1. The number of fused-ring (bicyclic) bond motifs is 1. The third-order valence-electron chi connectivity index (χ3n) is 5.92. The van der Waals surface area contributed by atoms with Gasteiger partial charge in [0.05, 0.1) is 17.4 Å². The van der Waals surface area contributed by atoms with Crippen LogP contribution in [0, 0.1) is 17.8 Å². The van der Waals surface area contributed by atoms with E-state index >= 15 is 0 Å². The molecule has 1 heterocycles. The van der Waals surface area contributed by atoms with Gasteiger partial charge in [0.2, 0.25) is 5.91 Å². The first-order valence-electron chi connectivity index (χ1n) is 9.32. The van der Waals surface area contributed by atoms with Gasteiger partial charge in [0.15, 0.2) is 0 Å². The molecule has 0 bridgehead atoms. The van der Waals surface area contributed by atoms with Crippen molar-refractivity contribution in [1.82, 2.24) is 0 Å². The Bertz CT molecular complexity index is 839. The second-order valence-corrected chi connectivity index (χ2v) is 9.03. The van der Waals surface area contributed by atoms with E-state index in [4.69, 9.17) is 5.73 Å². The molecule has 27 heavy (non-hydrogen) atoms. The number of aliphatic carboxylic acids is 1. The number of thiophene rings is 1. The van der Waals surface area contributed by atoms with Crippen molar-refractivity contribution in [3.05, 3.63) is 27.2 Å². The van der Waals surface area contributed by atoms with E-state index in [0.29, 0.717) is 29.3 Å². The third-order valence-corrected chi connectivity index (χ3v) is 7.09. The number of hydrogen-bond donors (Lipinski definition) is 3. The van der Waals surface area contributed by atoms with Gasteiger partial charge in [0, 0.05) is 4.88 Å². The van der Waals surface area contributed by atoms with Crippen molar-refractivity contribution in [2.24, 2.45) is 23.5 Å². The lowest BCUT2D eigenvalue weighted by Gasteiger charge is -2.29. The molecular weight excluding hydrogens is 364 g/mol. The maximum absolute atomic E-state index is 12.9. The fourth-order valence-corrected chi connectivity index (χ4v) is 5.55. The summed E-state index contributed by atoms with van der Waals surface area (Å²) in [5.74, 6) is -2.71. The van der Waals surface area contributed by atoms with Crippen LogP contribution in [0.25, 0.3) is 0 Å². The molecule has 2 amide bonds. The van der Waals surface area contributed by atoms with Gasteiger partial charge < -0.3 is 16.2 Å². The van der Waals surface area contributed by atoms with Crippen LogP contribution in [-0.2, 0) is 22.4 Å². The van der Waals surface area contributed by atoms with Crippen molar-refractivity contribution < 1.29 is 19.5 Å². The monoisotopic (exact) mass is 390 g/mol. The highest BCUT2D eigenvalue weighted by molar-refractivity contribution is 7.17. The second kappa shape index (κ2) is 7.46. The van der Waals surface area contributed by atoms with Crippen LogP contribution in [0.1, 0.15) is 60.8 Å². The predicted molar refractivity (Wildman–Crippen MR) is 105 cm³/mol. The highest BCUT2D eigenvalue weighted by Crippen LogP contribution is 2.41. The van der Waals surface area contributed by atoms with Gasteiger partial charge in [0.25, 0.3) is 5.91 Å². The van der Waals surface area contributed by atoms with E-state index in [1.807, 2.05) is 13.8 Å². The van der Waals surface area contributed by atoms with Gasteiger partial charge in [-0.2, -0.15) is 0 Å². The molecule has 2 aliphatic carbocycles. The van der Waals surface area contributed by atoms with Gasteiger partial charge in [-0.3, -0.25) is 14.4 Å². The normalized spacial score (nSPS) is 25.1. The van der Waals surface area contributed by atoms with Crippen molar-refractivity contribution in [2.45, 2.75) is 52.9 Å². The van der Waals surface area contributed by atoms with Crippen molar-refractivity contribution in [2.75, 3.05) is 5.32 Å². The minimum atomic E-state index is -0.962. The topological polar surface area (TPSA) is 109 Å². The molecule has 0 aliphatic heterocycles. The van der Waals surface area contributed by atoms with Gasteiger partial charge in [-0.05, 0) is 57.4 Å². The number of amides is 2. The molecule has 2 aliphatic rings. The first-order valence-corrected chi connectivity index (χ1v) is 10.1. The molecule has 6 nitrogen and oxygen atoms in total. The summed E-state index contributed by atoms with van der Waals surface area (Å²) in [6, 6.07) is 0. The smallest absolute Gasteiger partial charge is 0.307 e. The van der Waals surface area contributed by atoms with E-state index in [-0.39, 0.29) is 5.91 Å². The van der Waals surface area contributed by atoms with Crippen LogP contribution in [0.4, 0.5) is 5.00 Å². The van der Waals surface area contributed by atoms with Crippen molar-refractivity contribution >= 4 is 34.1 Å². The van der Waals surface area contributed by atoms with Gasteiger partial charge in [-0.15, -0.1) is 11.3 Å². The molecule has 3 rings (SSSR count). The van der Waals surface area contributed by atoms with Crippen LogP contribution in [0.2, 0.25) is 0 Å². The molecule has 4 N–H and O–H groups in total. The molecule has 1 aromatic heterocycles. The highest BCUT2D eigenvalue weighted by Gasteiger charge is 2.38. The van der Waals surface area contributed by atoms with E-state index in [1.54, 1.807) is 0 Å². The van der Waals surface area contributed by atoms with E-state index in [0.717, 1.165) is 40.8 Å². The molecule has 0 saturated heterocycles. The lowest BCUT2D eigenvalue weighted by Crippen LogP contribution is -2.36. The summed E-state index contributed by atoms with van der Waals surface area (Å²) in [4.78, 5) is 37.8. The van der Waals surface area contributed by atoms with Crippen molar-refractivity contribution in [3.8, 4) is 0 Å². The summed E-state index contributed by atoms with van der Waals surface area (Å²) in [7, 11) is 0. The fraction of sp³-hybridized carbons (Fsp3) is 0.550.